The summed E-state index contributed by atoms with van der Waals surface area (Å²) >= 11 is 1.68. The topological polar surface area (TPSA) is 66.4 Å². The van der Waals surface area contributed by atoms with Crippen molar-refractivity contribution in [3.05, 3.63) is 0 Å². The second-order valence-electron chi connectivity index (χ2n) is 3.72. The molecular weight excluding hydrogens is 226 g/mol. The molecule has 0 aromatic rings. The molecule has 2 N–H and O–H groups in total. The van der Waals surface area contributed by atoms with E-state index in [-0.39, 0.29) is 11.8 Å². The van der Waals surface area contributed by atoms with Crippen molar-refractivity contribution >= 4 is 23.6 Å². The molecule has 0 radical (unpaired) electrons. The second-order valence-corrected chi connectivity index (χ2v) is 5.11. The number of carboxylic acid groups (broad SMARTS) is 1. The van der Waals surface area contributed by atoms with Crippen LogP contribution in [0.5, 0.6) is 0 Å². The van der Waals surface area contributed by atoms with Gasteiger partial charge in [-0.3, -0.25) is 4.79 Å². The van der Waals surface area contributed by atoms with Gasteiger partial charge in [-0.1, -0.05) is 27.2 Å². The van der Waals surface area contributed by atoms with E-state index in [1.165, 1.54) is 0 Å². The standard InChI is InChI=1S/C11H21NO3S/c1-4-8(3)10(11(14)15)12-9(13)6-7-16-5-2/h8,10H,4-7H2,1-3H3,(H,12,13)(H,14,15). The Morgan fingerprint density at radius 3 is 2.44 bits per heavy atom. The maximum absolute atomic E-state index is 11.5. The van der Waals surface area contributed by atoms with E-state index < -0.39 is 12.0 Å². The van der Waals surface area contributed by atoms with Crippen LogP contribution >= 0.6 is 11.8 Å². The fourth-order valence-corrected chi connectivity index (χ4v) is 1.86. The van der Waals surface area contributed by atoms with Crippen LogP contribution in [0, 0.1) is 5.92 Å². The molecule has 2 atom stereocenters. The number of amides is 1. The van der Waals surface area contributed by atoms with Gasteiger partial charge >= 0.3 is 5.97 Å². The zero-order valence-electron chi connectivity index (χ0n) is 10.2. The Morgan fingerprint density at radius 2 is 2.00 bits per heavy atom. The van der Waals surface area contributed by atoms with E-state index in [4.69, 9.17) is 5.11 Å². The maximum atomic E-state index is 11.5. The van der Waals surface area contributed by atoms with Crippen molar-refractivity contribution in [1.82, 2.24) is 5.32 Å². The first kappa shape index (κ1) is 15.3. The van der Waals surface area contributed by atoms with Gasteiger partial charge < -0.3 is 10.4 Å². The average Bonchev–Trinajstić information content (AvgIpc) is 2.25. The Balaban J connectivity index is 4.09. The van der Waals surface area contributed by atoms with Crippen LogP contribution in [0.3, 0.4) is 0 Å². The van der Waals surface area contributed by atoms with E-state index >= 15 is 0 Å². The van der Waals surface area contributed by atoms with Crippen molar-refractivity contribution in [3.8, 4) is 0 Å². The molecule has 0 aromatic carbocycles. The first-order chi connectivity index (χ1) is 7.52. The number of aliphatic carboxylic acids is 1. The van der Waals surface area contributed by atoms with Gasteiger partial charge in [0.05, 0.1) is 0 Å². The molecule has 0 fully saturated rings. The molecule has 0 heterocycles. The predicted molar refractivity (Wildman–Crippen MR) is 66.6 cm³/mol. The van der Waals surface area contributed by atoms with Crippen molar-refractivity contribution in [3.63, 3.8) is 0 Å². The number of nitrogens with one attached hydrogen (secondary N) is 1. The number of carbonyl (C=O) groups is 2. The first-order valence-corrected chi connectivity index (χ1v) is 6.78. The molecule has 0 aliphatic carbocycles. The van der Waals surface area contributed by atoms with E-state index in [9.17, 15) is 9.59 Å². The van der Waals surface area contributed by atoms with Gasteiger partial charge in [0.15, 0.2) is 0 Å². The number of hydrogen-bond acceptors (Lipinski definition) is 3. The summed E-state index contributed by atoms with van der Waals surface area (Å²) in [6.07, 6.45) is 1.12. The van der Waals surface area contributed by atoms with Gasteiger partial charge in [0, 0.05) is 12.2 Å². The highest BCUT2D eigenvalue weighted by Crippen LogP contribution is 2.08. The molecule has 0 bridgehead atoms. The third-order valence-electron chi connectivity index (χ3n) is 2.47. The van der Waals surface area contributed by atoms with Crippen LogP contribution in [-0.2, 0) is 9.59 Å². The third kappa shape index (κ3) is 6.00. The molecule has 0 saturated carbocycles. The van der Waals surface area contributed by atoms with Crippen molar-refractivity contribution in [2.24, 2.45) is 5.92 Å². The Bertz CT molecular complexity index is 233. The minimum absolute atomic E-state index is 0.0414. The maximum Gasteiger partial charge on any atom is 0.326 e. The van der Waals surface area contributed by atoms with E-state index in [0.29, 0.717) is 6.42 Å². The van der Waals surface area contributed by atoms with Gasteiger partial charge in [0.25, 0.3) is 0 Å². The monoisotopic (exact) mass is 247 g/mol. The molecule has 94 valence electrons. The van der Waals surface area contributed by atoms with Gasteiger partial charge in [-0.15, -0.1) is 0 Å². The van der Waals surface area contributed by atoms with Crippen LogP contribution in [0.25, 0.3) is 0 Å². The van der Waals surface area contributed by atoms with Crippen molar-refractivity contribution in [2.45, 2.75) is 39.7 Å². The highest BCUT2D eigenvalue weighted by molar-refractivity contribution is 7.99. The van der Waals surface area contributed by atoms with Gasteiger partial charge in [-0.25, -0.2) is 4.79 Å². The summed E-state index contributed by atoms with van der Waals surface area (Å²) < 4.78 is 0. The second kappa shape index (κ2) is 8.44. The lowest BCUT2D eigenvalue weighted by Crippen LogP contribution is -2.45. The Hall–Kier alpha value is -0.710. The Morgan fingerprint density at radius 1 is 1.38 bits per heavy atom. The third-order valence-corrected chi connectivity index (χ3v) is 3.37. The van der Waals surface area contributed by atoms with E-state index in [1.54, 1.807) is 11.8 Å². The molecule has 0 spiro atoms. The number of hydrogen-bond donors (Lipinski definition) is 2. The molecule has 0 aliphatic rings. The summed E-state index contributed by atoms with van der Waals surface area (Å²) in [5.41, 5.74) is 0. The summed E-state index contributed by atoms with van der Waals surface area (Å²) in [4.78, 5) is 22.4. The number of carboxylic acids is 1. The fourth-order valence-electron chi connectivity index (χ4n) is 1.24. The van der Waals surface area contributed by atoms with E-state index in [2.05, 4.69) is 5.32 Å². The summed E-state index contributed by atoms with van der Waals surface area (Å²) in [5, 5.41) is 11.5. The smallest absolute Gasteiger partial charge is 0.326 e. The predicted octanol–water partition coefficient (Wildman–Crippen LogP) is 1.75. The van der Waals surface area contributed by atoms with Crippen molar-refractivity contribution < 1.29 is 14.7 Å². The SMILES string of the molecule is CCSCCC(=O)NC(C(=O)O)C(C)CC. The first-order valence-electron chi connectivity index (χ1n) is 5.62. The lowest BCUT2D eigenvalue weighted by Gasteiger charge is -2.19. The lowest BCUT2D eigenvalue weighted by molar-refractivity contribution is -0.143. The Kier molecular flexibility index (Phi) is 8.07. The highest BCUT2D eigenvalue weighted by Gasteiger charge is 2.24. The van der Waals surface area contributed by atoms with Crippen LogP contribution in [0.2, 0.25) is 0 Å². The summed E-state index contributed by atoms with van der Waals surface area (Å²) in [6.45, 7) is 5.78. The molecule has 4 nitrogen and oxygen atoms in total. The molecule has 0 saturated heterocycles. The Labute approximate surface area is 101 Å². The van der Waals surface area contributed by atoms with Crippen molar-refractivity contribution in [2.75, 3.05) is 11.5 Å². The number of rotatable bonds is 8. The summed E-state index contributed by atoms with van der Waals surface area (Å²) in [6, 6.07) is -0.760. The average molecular weight is 247 g/mol. The molecule has 1 amide bonds. The quantitative estimate of drug-likeness (QED) is 0.641. The van der Waals surface area contributed by atoms with Gasteiger partial charge in [0.2, 0.25) is 5.91 Å². The van der Waals surface area contributed by atoms with Gasteiger partial charge in [-0.2, -0.15) is 11.8 Å². The van der Waals surface area contributed by atoms with E-state index in [1.807, 2.05) is 20.8 Å². The molecular formula is C11H21NO3S. The molecule has 16 heavy (non-hydrogen) atoms. The lowest BCUT2D eigenvalue weighted by atomic mass is 9.99. The van der Waals surface area contributed by atoms with Crippen LogP contribution in [-0.4, -0.2) is 34.5 Å². The van der Waals surface area contributed by atoms with Crippen molar-refractivity contribution in [1.29, 1.82) is 0 Å². The van der Waals surface area contributed by atoms with Gasteiger partial charge in [0.1, 0.15) is 6.04 Å². The summed E-state index contributed by atoms with van der Waals surface area (Å²) in [7, 11) is 0. The zero-order valence-corrected chi connectivity index (χ0v) is 11.0. The number of carbonyl (C=O) groups excluding carboxylic acids is 1. The largest absolute Gasteiger partial charge is 0.480 e. The molecule has 0 aliphatic heterocycles. The van der Waals surface area contributed by atoms with Crippen LogP contribution < -0.4 is 5.32 Å². The summed E-state index contributed by atoms with van der Waals surface area (Å²) in [5.74, 6) is 0.552. The minimum Gasteiger partial charge on any atom is -0.480 e. The fraction of sp³-hybridized carbons (Fsp3) is 0.818. The molecule has 0 rings (SSSR count). The minimum atomic E-state index is -0.953. The van der Waals surface area contributed by atoms with Crippen LogP contribution in [0.1, 0.15) is 33.6 Å². The molecule has 0 aromatic heterocycles. The molecule has 5 heteroatoms. The zero-order chi connectivity index (χ0) is 12.6. The number of thioether (sulfide) groups is 1. The normalized spacial score (nSPS) is 14.2. The highest BCUT2D eigenvalue weighted by atomic mass is 32.2. The van der Waals surface area contributed by atoms with Gasteiger partial charge in [-0.05, 0) is 11.7 Å². The van der Waals surface area contributed by atoms with E-state index in [0.717, 1.165) is 17.9 Å². The van der Waals surface area contributed by atoms with Crippen LogP contribution in [0.4, 0.5) is 0 Å². The molecule has 2 unspecified atom stereocenters. The van der Waals surface area contributed by atoms with Crippen LogP contribution in [0.15, 0.2) is 0 Å².